The van der Waals surface area contributed by atoms with Crippen LogP contribution in [0, 0.1) is 0 Å². The minimum Gasteiger partial charge on any atom is -0.457 e. The van der Waals surface area contributed by atoms with E-state index in [0.29, 0.717) is 24.7 Å². The maximum absolute atomic E-state index is 12.3. The van der Waals surface area contributed by atoms with E-state index in [1.54, 1.807) is 0 Å². The first-order chi connectivity index (χ1) is 17.0. The highest BCUT2D eigenvalue weighted by Crippen LogP contribution is 2.27. The number of oxazole rings is 1. The van der Waals surface area contributed by atoms with Crippen LogP contribution in [0.4, 0.5) is 0 Å². The standard InChI is InChI=1S/C29H31N3O3/c1-21(2)30-29(33)27-20-34-28(31-27)19-32(22(3)24-12-6-4-7-13-24)18-23-11-10-16-26(17-23)35-25-14-8-5-9-15-25/h4-17,20-22H,18-19H2,1-3H3,(H,30,33)/t22-/m1/s1. The van der Waals surface area contributed by atoms with Crippen molar-refractivity contribution in [1.82, 2.24) is 15.2 Å². The van der Waals surface area contributed by atoms with E-state index in [0.717, 1.165) is 17.1 Å². The normalized spacial score (nSPS) is 12.0. The Hall–Kier alpha value is -3.90. The zero-order chi connectivity index (χ0) is 24.6. The molecule has 6 heteroatoms. The highest BCUT2D eigenvalue weighted by atomic mass is 16.5. The summed E-state index contributed by atoms with van der Waals surface area (Å²) in [5.74, 6) is 1.85. The number of benzene rings is 3. The van der Waals surface area contributed by atoms with Gasteiger partial charge in [0.05, 0.1) is 6.54 Å². The van der Waals surface area contributed by atoms with Crippen LogP contribution in [0.25, 0.3) is 0 Å². The summed E-state index contributed by atoms with van der Waals surface area (Å²) in [5.41, 5.74) is 2.58. The highest BCUT2D eigenvalue weighted by molar-refractivity contribution is 5.92. The monoisotopic (exact) mass is 469 g/mol. The molecule has 35 heavy (non-hydrogen) atoms. The SMILES string of the molecule is CC(C)NC(=O)c1coc(CN(Cc2cccc(Oc3ccccc3)c2)[C@H](C)c2ccccc2)n1. The van der Waals surface area contributed by atoms with E-state index in [1.165, 1.54) is 11.8 Å². The van der Waals surface area contributed by atoms with Gasteiger partial charge in [-0.2, -0.15) is 0 Å². The number of hydrogen-bond acceptors (Lipinski definition) is 5. The first-order valence-electron chi connectivity index (χ1n) is 11.8. The van der Waals surface area contributed by atoms with E-state index < -0.39 is 0 Å². The van der Waals surface area contributed by atoms with Crippen molar-refractivity contribution >= 4 is 5.91 Å². The lowest BCUT2D eigenvalue weighted by Gasteiger charge is -2.28. The summed E-state index contributed by atoms with van der Waals surface area (Å²) in [6.07, 6.45) is 1.42. The van der Waals surface area contributed by atoms with Gasteiger partial charge in [0, 0.05) is 18.6 Å². The highest BCUT2D eigenvalue weighted by Gasteiger charge is 2.21. The summed E-state index contributed by atoms with van der Waals surface area (Å²) in [6, 6.07) is 28.3. The maximum atomic E-state index is 12.3. The van der Waals surface area contributed by atoms with Gasteiger partial charge in [-0.05, 0) is 56.2 Å². The van der Waals surface area contributed by atoms with E-state index in [9.17, 15) is 4.79 Å². The van der Waals surface area contributed by atoms with Crippen LogP contribution < -0.4 is 10.1 Å². The molecule has 0 unspecified atom stereocenters. The second kappa shape index (κ2) is 11.5. The molecule has 0 aliphatic rings. The van der Waals surface area contributed by atoms with Crippen LogP contribution in [0.15, 0.2) is 95.6 Å². The van der Waals surface area contributed by atoms with E-state index in [1.807, 2.05) is 74.5 Å². The Morgan fingerprint density at radius 1 is 0.914 bits per heavy atom. The van der Waals surface area contributed by atoms with E-state index in [2.05, 4.69) is 46.4 Å². The number of para-hydroxylation sites is 1. The van der Waals surface area contributed by atoms with Crippen LogP contribution in [-0.2, 0) is 13.1 Å². The number of hydrogen-bond donors (Lipinski definition) is 1. The molecule has 4 rings (SSSR count). The molecule has 1 aromatic heterocycles. The zero-order valence-electron chi connectivity index (χ0n) is 20.3. The fraction of sp³-hybridized carbons (Fsp3) is 0.241. The quantitative estimate of drug-likeness (QED) is 0.292. The molecule has 6 nitrogen and oxygen atoms in total. The number of nitrogens with one attached hydrogen (secondary N) is 1. The van der Waals surface area contributed by atoms with Crippen molar-refractivity contribution in [2.45, 2.75) is 45.9 Å². The third-order valence-electron chi connectivity index (χ3n) is 5.64. The van der Waals surface area contributed by atoms with Gasteiger partial charge in [-0.1, -0.05) is 60.7 Å². The molecule has 0 spiro atoms. The molecule has 3 aromatic carbocycles. The number of rotatable bonds is 10. The van der Waals surface area contributed by atoms with E-state index >= 15 is 0 Å². The number of aromatic nitrogens is 1. The molecule has 1 N–H and O–H groups in total. The number of amides is 1. The summed E-state index contributed by atoms with van der Waals surface area (Å²) >= 11 is 0. The molecule has 1 heterocycles. The average molecular weight is 470 g/mol. The molecule has 1 atom stereocenters. The first-order valence-corrected chi connectivity index (χ1v) is 11.8. The van der Waals surface area contributed by atoms with Crippen molar-refractivity contribution in [2.24, 2.45) is 0 Å². The predicted molar refractivity (Wildman–Crippen MR) is 136 cm³/mol. The van der Waals surface area contributed by atoms with Crippen molar-refractivity contribution < 1.29 is 13.9 Å². The second-order valence-corrected chi connectivity index (χ2v) is 8.81. The van der Waals surface area contributed by atoms with E-state index in [-0.39, 0.29) is 18.0 Å². The summed E-state index contributed by atoms with van der Waals surface area (Å²) in [4.78, 5) is 19.0. The summed E-state index contributed by atoms with van der Waals surface area (Å²) in [7, 11) is 0. The Balaban J connectivity index is 1.54. The van der Waals surface area contributed by atoms with Crippen LogP contribution in [-0.4, -0.2) is 21.8 Å². The van der Waals surface area contributed by atoms with Crippen LogP contribution in [0.3, 0.4) is 0 Å². The maximum Gasteiger partial charge on any atom is 0.273 e. The van der Waals surface area contributed by atoms with Crippen molar-refractivity contribution in [3.63, 3.8) is 0 Å². The topological polar surface area (TPSA) is 67.6 Å². The summed E-state index contributed by atoms with van der Waals surface area (Å²) < 4.78 is 11.7. The van der Waals surface area contributed by atoms with Crippen LogP contribution in [0.1, 0.15) is 54.3 Å². The summed E-state index contributed by atoms with van der Waals surface area (Å²) in [5, 5.41) is 2.85. The lowest BCUT2D eigenvalue weighted by molar-refractivity contribution is 0.0938. The van der Waals surface area contributed by atoms with Crippen molar-refractivity contribution in [3.05, 3.63) is 114 Å². The number of ether oxygens (including phenoxy) is 1. The van der Waals surface area contributed by atoms with Gasteiger partial charge in [0.1, 0.15) is 17.8 Å². The summed E-state index contributed by atoms with van der Waals surface area (Å²) in [6.45, 7) is 7.09. The molecule has 1 amide bonds. The van der Waals surface area contributed by atoms with Gasteiger partial charge >= 0.3 is 0 Å². The number of nitrogens with zero attached hydrogens (tertiary/aromatic N) is 2. The van der Waals surface area contributed by atoms with Gasteiger partial charge in [-0.3, -0.25) is 9.69 Å². The Morgan fingerprint density at radius 3 is 2.31 bits per heavy atom. The fourth-order valence-electron chi connectivity index (χ4n) is 3.84. The molecule has 0 radical (unpaired) electrons. The third-order valence-corrected chi connectivity index (χ3v) is 5.64. The molecule has 4 aromatic rings. The number of carbonyl (C=O) groups excluding carboxylic acids is 1. The van der Waals surface area contributed by atoms with Crippen molar-refractivity contribution in [2.75, 3.05) is 0 Å². The van der Waals surface area contributed by atoms with Crippen LogP contribution in [0.5, 0.6) is 11.5 Å². The van der Waals surface area contributed by atoms with Gasteiger partial charge < -0.3 is 14.5 Å². The molecule has 0 fully saturated rings. The first kappa shape index (κ1) is 24.2. The number of carbonyl (C=O) groups is 1. The molecule has 0 aliphatic carbocycles. The van der Waals surface area contributed by atoms with Crippen molar-refractivity contribution in [1.29, 1.82) is 0 Å². The molecular weight excluding hydrogens is 438 g/mol. The van der Waals surface area contributed by atoms with Gasteiger partial charge in [0.15, 0.2) is 5.69 Å². The second-order valence-electron chi connectivity index (χ2n) is 8.81. The van der Waals surface area contributed by atoms with Gasteiger partial charge in [-0.15, -0.1) is 0 Å². The molecule has 0 bridgehead atoms. The molecule has 0 saturated heterocycles. The largest absolute Gasteiger partial charge is 0.457 e. The average Bonchev–Trinajstić information content (AvgIpc) is 3.33. The van der Waals surface area contributed by atoms with Gasteiger partial charge in [0.2, 0.25) is 5.89 Å². The minimum atomic E-state index is -0.233. The lowest BCUT2D eigenvalue weighted by atomic mass is 10.1. The third kappa shape index (κ3) is 6.80. The van der Waals surface area contributed by atoms with Crippen molar-refractivity contribution in [3.8, 4) is 11.5 Å². The molecular formula is C29H31N3O3. The smallest absolute Gasteiger partial charge is 0.273 e. The van der Waals surface area contributed by atoms with Gasteiger partial charge in [-0.25, -0.2) is 4.98 Å². The van der Waals surface area contributed by atoms with E-state index in [4.69, 9.17) is 9.15 Å². The minimum absolute atomic E-state index is 0.0302. The Bertz CT molecular complexity index is 1220. The molecule has 0 saturated carbocycles. The lowest BCUT2D eigenvalue weighted by Crippen LogP contribution is -2.30. The Morgan fingerprint density at radius 2 is 1.60 bits per heavy atom. The Labute approximate surface area is 206 Å². The molecule has 0 aliphatic heterocycles. The van der Waals surface area contributed by atoms with Gasteiger partial charge in [0.25, 0.3) is 5.91 Å². The predicted octanol–water partition coefficient (Wildman–Crippen LogP) is 6.37. The van der Waals surface area contributed by atoms with Crippen LogP contribution in [0.2, 0.25) is 0 Å². The Kier molecular flexibility index (Phi) is 7.95. The van der Waals surface area contributed by atoms with Crippen LogP contribution >= 0.6 is 0 Å². The fourth-order valence-corrected chi connectivity index (χ4v) is 3.84. The zero-order valence-corrected chi connectivity index (χ0v) is 20.3. The molecule has 180 valence electrons.